The van der Waals surface area contributed by atoms with Gasteiger partial charge in [-0.05, 0) is 37.3 Å². The fourth-order valence-corrected chi connectivity index (χ4v) is 2.74. The second kappa shape index (κ2) is 5.66. The molecule has 3 N–H and O–H groups in total. The molecular formula is C12H11ClN4O3S. The first-order valence-corrected chi connectivity index (χ1v) is 7.58. The number of carbonyl (C=O) groups excluding carboxylic acids is 1. The van der Waals surface area contributed by atoms with E-state index in [9.17, 15) is 13.2 Å². The SMILES string of the molecule is Cc1cc(Cl)nc(NS(=O)(=O)c2ccc(C(N)=O)cc2)n1. The lowest BCUT2D eigenvalue weighted by Crippen LogP contribution is -2.16. The van der Waals surface area contributed by atoms with E-state index in [2.05, 4.69) is 14.7 Å². The Bertz CT molecular complexity index is 770. The van der Waals surface area contributed by atoms with Gasteiger partial charge in [-0.2, -0.15) is 0 Å². The van der Waals surface area contributed by atoms with E-state index in [-0.39, 0.29) is 21.6 Å². The predicted octanol–water partition coefficient (Wildman–Crippen LogP) is 1.34. The van der Waals surface area contributed by atoms with E-state index in [1.165, 1.54) is 30.3 Å². The number of nitrogens with one attached hydrogen (secondary N) is 1. The fraction of sp³-hybridized carbons (Fsp3) is 0.0833. The van der Waals surface area contributed by atoms with E-state index in [0.717, 1.165) is 0 Å². The Morgan fingerprint density at radius 1 is 1.24 bits per heavy atom. The molecule has 1 heterocycles. The molecule has 0 bridgehead atoms. The van der Waals surface area contributed by atoms with E-state index in [0.29, 0.717) is 5.69 Å². The molecule has 21 heavy (non-hydrogen) atoms. The lowest BCUT2D eigenvalue weighted by molar-refractivity contribution is 0.1000. The number of benzene rings is 1. The van der Waals surface area contributed by atoms with E-state index in [1.807, 2.05) is 0 Å². The minimum Gasteiger partial charge on any atom is -0.366 e. The maximum absolute atomic E-state index is 12.2. The van der Waals surface area contributed by atoms with E-state index >= 15 is 0 Å². The van der Waals surface area contributed by atoms with Crippen LogP contribution in [0.15, 0.2) is 35.2 Å². The highest BCUT2D eigenvalue weighted by Gasteiger charge is 2.16. The van der Waals surface area contributed by atoms with Gasteiger partial charge in [0.1, 0.15) is 5.15 Å². The number of primary amides is 1. The van der Waals surface area contributed by atoms with Crippen molar-refractivity contribution in [1.29, 1.82) is 0 Å². The molecule has 9 heteroatoms. The van der Waals surface area contributed by atoms with Crippen molar-refractivity contribution in [2.24, 2.45) is 5.73 Å². The summed E-state index contributed by atoms with van der Waals surface area (Å²) in [5, 5.41) is 0.129. The number of anilines is 1. The summed E-state index contributed by atoms with van der Waals surface area (Å²) < 4.78 is 26.5. The average Bonchev–Trinajstić information content (AvgIpc) is 2.37. The molecule has 1 aromatic carbocycles. The zero-order chi connectivity index (χ0) is 15.6. The van der Waals surface area contributed by atoms with Gasteiger partial charge >= 0.3 is 0 Å². The topological polar surface area (TPSA) is 115 Å². The minimum atomic E-state index is -3.88. The highest BCUT2D eigenvalue weighted by Crippen LogP contribution is 2.16. The molecule has 0 saturated carbocycles. The number of nitrogens with two attached hydrogens (primary N) is 1. The second-order valence-corrected chi connectivity index (χ2v) is 6.22. The zero-order valence-electron chi connectivity index (χ0n) is 10.9. The number of aryl methyl sites for hydroxylation is 1. The largest absolute Gasteiger partial charge is 0.366 e. The van der Waals surface area contributed by atoms with E-state index < -0.39 is 15.9 Å². The first-order valence-electron chi connectivity index (χ1n) is 5.72. The molecule has 1 aromatic heterocycles. The summed E-state index contributed by atoms with van der Waals surface area (Å²) in [5.74, 6) is -0.764. The third-order valence-corrected chi connectivity index (χ3v) is 4.04. The summed E-state index contributed by atoms with van der Waals surface area (Å²) >= 11 is 5.74. The number of sulfonamides is 1. The molecule has 0 aliphatic heterocycles. The molecule has 0 spiro atoms. The maximum Gasteiger partial charge on any atom is 0.264 e. The molecule has 1 amide bonds. The molecule has 0 aliphatic carbocycles. The molecule has 0 aliphatic rings. The Morgan fingerprint density at radius 2 is 1.86 bits per heavy atom. The molecule has 2 rings (SSSR count). The van der Waals surface area contributed by atoms with Crippen LogP contribution in [0, 0.1) is 6.92 Å². The van der Waals surface area contributed by atoms with Gasteiger partial charge in [0.15, 0.2) is 0 Å². The van der Waals surface area contributed by atoms with Gasteiger partial charge in [-0.1, -0.05) is 11.6 Å². The second-order valence-electron chi connectivity index (χ2n) is 4.15. The number of aromatic nitrogens is 2. The number of halogens is 1. The number of hydrogen-bond acceptors (Lipinski definition) is 5. The molecule has 2 aromatic rings. The van der Waals surface area contributed by atoms with Crippen molar-refractivity contribution in [1.82, 2.24) is 9.97 Å². The highest BCUT2D eigenvalue weighted by molar-refractivity contribution is 7.92. The molecule has 0 atom stereocenters. The van der Waals surface area contributed by atoms with Gasteiger partial charge in [0.2, 0.25) is 11.9 Å². The average molecular weight is 327 g/mol. The molecule has 7 nitrogen and oxygen atoms in total. The van der Waals surface area contributed by atoms with Crippen LogP contribution >= 0.6 is 11.6 Å². The van der Waals surface area contributed by atoms with Crippen molar-refractivity contribution in [3.63, 3.8) is 0 Å². The van der Waals surface area contributed by atoms with Crippen LogP contribution in [0.2, 0.25) is 5.15 Å². The Kier molecular flexibility index (Phi) is 4.10. The molecule has 0 radical (unpaired) electrons. The summed E-state index contributed by atoms with van der Waals surface area (Å²) in [4.78, 5) is 18.6. The van der Waals surface area contributed by atoms with Crippen LogP contribution in [-0.4, -0.2) is 24.3 Å². The van der Waals surface area contributed by atoms with Crippen LogP contribution in [0.5, 0.6) is 0 Å². The van der Waals surface area contributed by atoms with Crippen molar-refractivity contribution >= 4 is 33.5 Å². The van der Waals surface area contributed by atoms with Gasteiger partial charge in [0.05, 0.1) is 4.90 Å². The van der Waals surface area contributed by atoms with Crippen LogP contribution in [0.4, 0.5) is 5.95 Å². The van der Waals surface area contributed by atoms with E-state index in [4.69, 9.17) is 17.3 Å². The van der Waals surface area contributed by atoms with Gasteiger partial charge < -0.3 is 5.73 Å². The third-order valence-electron chi connectivity index (χ3n) is 2.50. The maximum atomic E-state index is 12.2. The van der Waals surface area contributed by atoms with Crippen molar-refractivity contribution < 1.29 is 13.2 Å². The third kappa shape index (κ3) is 3.67. The van der Waals surface area contributed by atoms with Gasteiger partial charge in [-0.3, -0.25) is 4.79 Å². The fourth-order valence-electron chi connectivity index (χ4n) is 1.55. The quantitative estimate of drug-likeness (QED) is 0.822. The van der Waals surface area contributed by atoms with Crippen molar-refractivity contribution in [3.05, 3.63) is 46.7 Å². The van der Waals surface area contributed by atoms with Crippen molar-refractivity contribution in [3.8, 4) is 0 Å². The number of rotatable bonds is 4. The normalized spacial score (nSPS) is 11.1. The smallest absolute Gasteiger partial charge is 0.264 e. The molecular weight excluding hydrogens is 316 g/mol. The number of amides is 1. The molecule has 110 valence electrons. The summed E-state index contributed by atoms with van der Waals surface area (Å²) in [7, 11) is -3.88. The summed E-state index contributed by atoms with van der Waals surface area (Å²) in [6.45, 7) is 1.66. The summed E-state index contributed by atoms with van der Waals surface area (Å²) in [5.41, 5.74) is 5.83. The predicted molar refractivity (Wildman–Crippen MR) is 77.5 cm³/mol. The molecule has 0 fully saturated rings. The first kappa shape index (κ1) is 15.2. The van der Waals surface area contributed by atoms with E-state index in [1.54, 1.807) is 6.92 Å². The lowest BCUT2D eigenvalue weighted by atomic mass is 10.2. The van der Waals surface area contributed by atoms with Gasteiger partial charge in [0, 0.05) is 11.3 Å². The molecule has 0 saturated heterocycles. The van der Waals surface area contributed by atoms with Crippen molar-refractivity contribution in [2.45, 2.75) is 11.8 Å². The van der Waals surface area contributed by atoms with Crippen LogP contribution in [0.3, 0.4) is 0 Å². The van der Waals surface area contributed by atoms with Crippen LogP contribution in [-0.2, 0) is 10.0 Å². The standard InChI is InChI=1S/C12H11ClN4O3S/c1-7-6-10(13)16-12(15-7)17-21(19,20)9-4-2-8(3-5-9)11(14)18/h2-6H,1H3,(H2,14,18)(H,15,16,17). The lowest BCUT2D eigenvalue weighted by Gasteiger charge is -2.07. The van der Waals surface area contributed by atoms with Gasteiger partial charge in [0.25, 0.3) is 10.0 Å². The first-order chi connectivity index (χ1) is 9.78. The zero-order valence-corrected chi connectivity index (χ0v) is 12.4. The highest BCUT2D eigenvalue weighted by atomic mass is 35.5. The Morgan fingerprint density at radius 3 is 2.38 bits per heavy atom. The minimum absolute atomic E-state index is 0.0475. The van der Waals surface area contributed by atoms with Crippen LogP contribution in [0.25, 0.3) is 0 Å². The van der Waals surface area contributed by atoms with Crippen LogP contribution < -0.4 is 10.5 Å². The van der Waals surface area contributed by atoms with Gasteiger partial charge in [-0.15, -0.1) is 0 Å². The Labute approximate surface area is 126 Å². The summed E-state index contributed by atoms with van der Waals surface area (Å²) in [6, 6.07) is 6.67. The van der Waals surface area contributed by atoms with Gasteiger partial charge in [-0.25, -0.2) is 23.1 Å². The number of carbonyl (C=O) groups is 1. The Balaban J connectivity index is 2.31. The Hall–Kier alpha value is -2.19. The van der Waals surface area contributed by atoms with Crippen LogP contribution in [0.1, 0.15) is 16.1 Å². The monoisotopic (exact) mass is 326 g/mol. The number of hydrogen-bond donors (Lipinski definition) is 2. The van der Waals surface area contributed by atoms with Crippen molar-refractivity contribution in [2.75, 3.05) is 4.72 Å². The molecule has 0 unspecified atom stereocenters. The summed E-state index contributed by atoms with van der Waals surface area (Å²) in [6.07, 6.45) is 0. The number of nitrogens with zero attached hydrogens (tertiary/aromatic N) is 2.